The molecule has 2 saturated heterocycles. The summed E-state index contributed by atoms with van der Waals surface area (Å²) in [7, 11) is 0. The van der Waals surface area contributed by atoms with Crippen LogP contribution in [-0.4, -0.2) is 39.7 Å². The summed E-state index contributed by atoms with van der Waals surface area (Å²) >= 11 is 1.96. The van der Waals surface area contributed by atoms with Crippen LogP contribution in [0.1, 0.15) is 19.3 Å². The molecule has 2 unspecified atom stereocenters. The van der Waals surface area contributed by atoms with Crippen molar-refractivity contribution in [2.45, 2.75) is 30.9 Å². The third-order valence-corrected chi connectivity index (χ3v) is 4.74. The van der Waals surface area contributed by atoms with E-state index in [9.17, 15) is 4.39 Å². The molecule has 98 valence electrons. The van der Waals surface area contributed by atoms with E-state index in [0.717, 1.165) is 31.6 Å². The van der Waals surface area contributed by atoms with E-state index >= 15 is 0 Å². The number of hydrogen-bond acceptors (Lipinski definition) is 5. The highest BCUT2D eigenvalue weighted by Gasteiger charge is 2.40. The van der Waals surface area contributed by atoms with Gasteiger partial charge in [0.25, 0.3) is 0 Å². The summed E-state index contributed by atoms with van der Waals surface area (Å²) in [6, 6.07) is 0.322. The molecule has 3 rings (SSSR count). The van der Waals surface area contributed by atoms with E-state index < -0.39 is 5.82 Å². The average Bonchev–Trinajstić information content (AvgIpc) is 2.80. The number of nitrogens with zero attached hydrogens (tertiary/aromatic N) is 2. The number of halogens is 1. The van der Waals surface area contributed by atoms with Gasteiger partial charge < -0.3 is 10.1 Å². The second-order valence-electron chi connectivity index (χ2n) is 4.89. The van der Waals surface area contributed by atoms with Crippen LogP contribution >= 0.6 is 11.8 Å². The van der Waals surface area contributed by atoms with Crippen LogP contribution in [0.5, 0.6) is 0 Å². The Kier molecular flexibility index (Phi) is 3.39. The number of rotatable bonds is 2. The summed E-state index contributed by atoms with van der Waals surface area (Å²) in [5, 5.41) is 3.28. The minimum absolute atomic E-state index is 0.0423. The van der Waals surface area contributed by atoms with E-state index in [2.05, 4.69) is 15.3 Å². The first kappa shape index (κ1) is 12.2. The van der Waals surface area contributed by atoms with E-state index in [4.69, 9.17) is 4.74 Å². The summed E-state index contributed by atoms with van der Waals surface area (Å²) in [5.41, 5.74) is 0.0423. The Bertz CT molecular complexity index is 408. The lowest BCUT2D eigenvalue weighted by atomic mass is 9.90. The first-order chi connectivity index (χ1) is 8.76. The summed E-state index contributed by atoms with van der Waals surface area (Å²) in [4.78, 5) is 7.89. The van der Waals surface area contributed by atoms with Gasteiger partial charge in [-0.2, -0.15) is 11.8 Å². The van der Waals surface area contributed by atoms with Gasteiger partial charge in [-0.15, -0.1) is 0 Å². The standard InChI is InChI=1S/C12H16FN3OS/c13-9-6-14-11(15-7-9)16-10-1-3-17-12(5-10)2-4-18-8-12/h6-7,10H,1-5,8H2,(H,14,15,16). The molecule has 0 radical (unpaired) electrons. The molecule has 2 fully saturated rings. The van der Waals surface area contributed by atoms with E-state index in [-0.39, 0.29) is 5.60 Å². The quantitative estimate of drug-likeness (QED) is 0.890. The monoisotopic (exact) mass is 269 g/mol. The predicted molar refractivity (Wildman–Crippen MR) is 69.3 cm³/mol. The van der Waals surface area contributed by atoms with Crippen molar-refractivity contribution in [1.29, 1.82) is 0 Å². The summed E-state index contributed by atoms with van der Waals surface area (Å²) in [6.45, 7) is 0.777. The largest absolute Gasteiger partial charge is 0.374 e. The summed E-state index contributed by atoms with van der Waals surface area (Å²) < 4.78 is 18.7. The third kappa shape index (κ3) is 2.59. The van der Waals surface area contributed by atoms with E-state index in [1.807, 2.05) is 11.8 Å². The molecule has 3 heterocycles. The second kappa shape index (κ2) is 5.01. The molecule has 1 aromatic rings. The molecule has 1 N–H and O–H groups in total. The van der Waals surface area contributed by atoms with Crippen molar-refractivity contribution in [2.75, 3.05) is 23.4 Å². The number of hydrogen-bond donors (Lipinski definition) is 1. The minimum Gasteiger partial charge on any atom is -0.374 e. The maximum absolute atomic E-state index is 12.7. The Labute approximate surface area is 110 Å². The highest BCUT2D eigenvalue weighted by atomic mass is 32.2. The lowest BCUT2D eigenvalue weighted by molar-refractivity contribution is -0.0629. The van der Waals surface area contributed by atoms with Crippen LogP contribution in [0.2, 0.25) is 0 Å². The van der Waals surface area contributed by atoms with Gasteiger partial charge in [0.15, 0.2) is 5.82 Å². The molecular weight excluding hydrogens is 253 g/mol. The van der Waals surface area contributed by atoms with E-state index in [1.165, 1.54) is 18.1 Å². The highest BCUT2D eigenvalue weighted by Crippen LogP contribution is 2.38. The molecule has 0 saturated carbocycles. The summed E-state index contributed by atoms with van der Waals surface area (Å²) in [5.74, 6) is 2.36. The maximum atomic E-state index is 12.7. The van der Waals surface area contributed by atoms with Crippen LogP contribution < -0.4 is 5.32 Å². The van der Waals surface area contributed by atoms with Crippen LogP contribution in [0.25, 0.3) is 0 Å². The van der Waals surface area contributed by atoms with Gasteiger partial charge in [-0.3, -0.25) is 0 Å². The van der Waals surface area contributed by atoms with Gasteiger partial charge >= 0.3 is 0 Å². The molecule has 0 amide bonds. The van der Waals surface area contributed by atoms with Gasteiger partial charge in [-0.1, -0.05) is 0 Å². The molecule has 0 bridgehead atoms. The Morgan fingerprint density at radius 1 is 1.44 bits per heavy atom. The Morgan fingerprint density at radius 2 is 2.28 bits per heavy atom. The Hall–Kier alpha value is -0.880. The molecule has 6 heteroatoms. The number of anilines is 1. The number of aromatic nitrogens is 2. The van der Waals surface area contributed by atoms with Gasteiger partial charge in [0.2, 0.25) is 5.95 Å². The van der Waals surface area contributed by atoms with Crippen molar-refractivity contribution >= 4 is 17.7 Å². The van der Waals surface area contributed by atoms with Crippen LogP contribution in [0.15, 0.2) is 12.4 Å². The zero-order chi connectivity index (χ0) is 12.4. The van der Waals surface area contributed by atoms with Crippen molar-refractivity contribution in [1.82, 2.24) is 9.97 Å². The molecule has 1 aromatic heterocycles. The molecule has 2 aliphatic rings. The van der Waals surface area contributed by atoms with Crippen molar-refractivity contribution < 1.29 is 9.13 Å². The number of ether oxygens (including phenoxy) is 1. The zero-order valence-electron chi connectivity index (χ0n) is 10.1. The van der Waals surface area contributed by atoms with Crippen molar-refractivity contribution in [3.05, 3.63) is 18.2 Å². The Morgan fingerprint density at radius 3 is 3.00 bits per heavy atom. The third-order valence-electron chi connectivity index (χ3n) is 3.51. The molecule has 1 spiro atoms. The van der Waals surface area contributed by atoms with Crippen molar-refractivity contribution in [3.8, 4) is 0 Å². The lowest BCUT2D eigenvalue weighted by Gasteiger charge is -2.37. The molecule has 0 aliphatic carbocycles. The highest BCUT2D eigenvalue weighted by molar-refractivity contribution is 7.99. The summed E-state index contributed by atoms with van der Waals surface area (Å²) in [6.07, 6.45) is 5.44. The van der Waals surface area contributed by atoms with Crippen LogP contribution in [0.3, 0.4) is 0 Å². The second-order valence-corrected chi connectivity index (χ2v) is 6.00. The van der Waals surface area contributed by atoms with Gasteiger partial charge in [0.1, 0.15) is 0 Å². The number of nitrogens with one attached hydrogen (secondary N) is 1. The lowest BCUT2D eigenvalue weighted by Crippen LogP contribution is -2.44. The fourth-order valence-corrected chi connectivity index (χ4v) is 3.96. The first-order valence-corrected chi connectivity index (χ1v) is 7.37. The fourth-order valence-electron chi connectivity index (χ4n) is 2.58. The van der Waals surface area contributed by atoms with Gasteiger partial charge in [0.05, 0.1) is 18.0 Å². The normalized spacial score (nSPS) is 31.7. The Balaban J connectivity index is 1.64. The van der Waals surface area contributed by atoms with Crippen LogP contribution in [0, 0.1) is 5.82 Å². The zero-order valence-corrected chi connectivity index (χ0v) is 10.9. The van der Waals surface area contributed by atoms with Gasteiger partial charge in [-0.25, -0.2) is 14.4 Å². The molecule has 2 aliphatic heterocycles. The van der Waals surface area contributed by atoms with Gasteiger partial charge in [-0.05, 0) is 25.0 Å². The van der Waals surface area contributed by atoms with Crippen LogP contribution in [0.4, 0.5) is 10.3 Å². The molecule has 2 atom stereocenters. The smallest absolute Gasteiger partial charge is 0.222 e. The first-order valence-electron chi connectivity index (χ1n) is 6.22. The topological polar surface area (TPSA) is 47.0 Å². The SMILES string of the molecule is Fc1cnc(NC2CCOC3(CCSC3)C2)nc1. The predicted octanol–water partition coefficient (Wildman–Crippen LogP) is 2.08. The van der Waals surface area contributed by atoms with Crippen molar-refractivity contribution in [3.63, 3.8) is 0 Å². The number of thioether (sulfide) groups is 1. The molecule has 4 nitrogen and oxygen atoms in total. The maximum Gasteiger partial charge on any atom is 0.222 e. The fraction of sp³-hybridized carbons (Fsp3) is 0.667. The van der Waals surface area contributed by atoms with Crippen LogP contribution in [-0.2, 0) is 4.74 Å². The molecular formula is C12H16FN3OS. The molecule has 18 heavy (non-hydrogen) atoms. The van der Waals surface area contributed by atoms with Gasteiger partial charge in [0, 0.05) is 18.4 Å². The van der Waals surface area contributed by atoms with Crippen molar-refractivity contribution in [2.24, 2.45) is 0 Å². The van der Waals surface area contributed by atoms with E-state index in [1.54, 1.807) is 0 Å². The molecule has 0 aromatic carbocycles. The average molecular weight is 269 g/mol. The minimum atomic E-state index is -0.406. The van der Waals surface area contributed by atoms with E-state index in [0.29, 0.717) is 12.0 Å².